The predicted molar refractivity (Wildman–Crippen MR) is 111 cm³/mol. The summed E-state index contributed by atoms with van der Waals surface area (Å²) in [5.41, 5.74) is 2.02. The third-order valence-electron chi connectivity index (χ3n) is 5.24. The van der Waals surface area contributed by atoms with Crippen LogP contribution in [0.25, 0.3) is 22.0 Å². The molecule has 0 radical (unpaired) electrons. The van der Waals surface area contributed by atoms with Crippen LogP contribution in [0.4, 0.5) is 8.78 Å². The number of likely N-dealkylation sites (tertiary alicyclic amines) is 1. The number of aromatic amines is 1. The molecule has 3 heterocycles. The molecule has 32 heavy (non-hydrogen) atoms. The van der Waals surface area contributed by atoms with Gasteiger partial charge in [0.1, 0.15) is 6.04 Å². The van der Waals surface area contributed by atoms with Crippen LogP contribution in [0.1, 0.15) is 16.8 Å². The zero-order chi connectivity index (χ0) is 22.9. The molecule has 4 rings (SSSR count). The fraction of sp³-hybridized carbons (Fsp3) is 0.227. The van der Waals surface area contributed by atoms with Crippen molar-refractivity contribution in [2.24, 2.45) is 0 Å². The number of amides is 2. The van der Waals surface area contributed by atoms with Gasteiger partial charge < -0.3 is 15.2 Å². The van der Waals surface area contributed by atoms with Crippen molar-refractivity contribution in [3.05, 3.63) is 64.7 Å². The van der Waals surface area contributed by atoms with E-state index < -0.39 is 43.3 Å². The number of rotatable bonds is 4. The summed E-state index contributed by atoms with van der Waals surface area (Å²) in [6.07, 6.45) is 2.28. The third kappa shape index (κ3) is 4.18. The molecule has 8 nitrogen and oxygen atoms in total. The van der Waals surface area contributed by atoms with Crippen molar-refractivity contribution in [3.8, 4) is 17.2 Å². The predicted octanol–water partition coefficient (Wildman–Crippen LogP) is 2.08. The van der Waals surface area contributed by atoms with Crippen molar-refractivity contribution in [2.45, 2.75) is 18.4 Å². The maximum Gasteiger partial charge on any atom is 0.268 e. The first-order valence-electron chi connectivity index (χ1n) is 9.70. The summed E-state index contributed by atoms with van der Waals surface area (Å²) >= 11 is 0. The van der Waals surface area contributed by atoms with Crippen LogP contribution in [0.2, 0.25) is 0 Å². The SMILES string of the molecule is N#C[C@@H]1CC(F)(F)CN1C(=O)CNC(=O)c1ccnc2ccc(-c3ccc(=O)[nH]c3)cc12. The molecule has 3 aromatic rings. The van der Waals surface area contributed by atoms with Crippen LogP contribution in [0, 0.1) is 11.3 Å². The number of carbonyl (C=O) groups excluding carboxylic acids is 2. The van der Waals surface area contributed by atoms with E-state index in [1.807, 2.05) is 0 Å². The normalized spacial score (nSPS) is 17.2. The van der Waals surface area contributed by atoms with Crippen molar-refractivity contribution in [1.29, 1.82) is 5.26 Å². The molecule has 0 unspecified atom stereocenters. The highest BCUT2D eigenvalue weighted by molar-refractivity contribution is 6.07. The number of alkyl halides is 2. The van der Waals surface area contributed by atoms with Gasteiger partial charge in [-0.05, 0) is 35.4 Å². The van der Waals surface area contributed by atoms with Gasteiger partial charge in [0, 0.05) is 30.3 Å². The lowest BCUT2D eigenvalue weighted by molar-refractivity contribution is -0.131. The Bertz CT molecular complexity index is 1290. The number of carbonyl (C=O) groups is 2. The minimum absolute atomic E-state index is 0.240. The summed E-state index contributed by atoms with van der Waals surface area (Å²) in [5, 5.41) is 12.0. The van der Waals surface area contributed by atoms with Crippen molar-refractivity contribution in [1.82, 2.24) is 20.2 Å². The van der Waals surface area contributed by atoms with Crippen LogP contribution in [-0.4, -0.2) is 51.7 Å². The summed E-state index contributed by atoms with van der Waals surface area (Å²) in [7, 11) is 0. The number of nitriles is 1. The number of H-pyrrole nitrogens is 1. The lowest BCUT2D eigenvalue weighted by Crippen LogP contribution is -2.43. The average molecular weight is 437 g/mol. The molecule has 1 saturated heterocycles. The highest BCUT2D eigenvalue weighted by Gasteiger charge is 2.47. The second-order valence-corrected chi connectivity index (χ2v) is 7.44. The molecule has 1 aliphatic heterocycles. The minimum atomic E-state index is -3.13. The first-order valence-corrected chi connectivity index (χ1v) is 9.70. The van der Waals surface area contributed by atoms with Crippen LogP contribution in [0.15, 0.2) is 53.6 Å². The van der Waals surface area contributed by atoms with Crippen LogP contribution in [0.3, 0.4) is 0 Å². The zero-order valence-electron chi connectivity index (χ0n) is 16.6. The molecule has 1 aliphatic rings. The molecular formula is C22H17F2N5O3. The van der Waals surface area contributed by atoms with Crippen LogP contribution < -0.4 is 10.9 Å². The van der Waals surface area contributed by atoms with E-state index in [1.54, 1.807) is 36.5 Å². The van der Waals surface area contributed by atoms with E-state index in [9.17, 15) is 23.2 Å². The number of hydrogen-bond acceptors (Lipinski definition) is 5. The molecule has 0 spiro atoms. The topological polar surface area (TPSA) is 119 Å². The second kappa shape index (κ2) is 8.19. The average Bonchev–Trinajstić information content (AvgIpc) is 3.11. The quantitative estimate of drug-likeness (QED) is 0.648. The fourth-order valence-corrected chi connectivity index (χ4v) is 3.66. The highest BCUT2D eigenvalue weighted by atomic mass is 19.3. The molecular weight excluding hydrogens is 420 g/mol. The largest absolute Gasteiger partial charge is 0.343 e. The highest BCUT2D eigenvalue weighted by Crippen LogP contribution is 2.31. The number of nitrogens with zero attached hydrogens (tertiary/aromatic N) is 3. The number of aromatic nitrogens is 2. The van der Waals surface area contributed by atoms with Crippen LogP contribution in [-0.2, 0) is 4.79 Å². The number of nitrogens with one attached hydrogen (secondary N) is 2. The van der Waals surface area contributed by atoms with Crippen LogP contribution in [0.5, 0.6) is 0 Å². The Morgan fingerprint density at radius 1 is 1.25 bits per heavy atom. The van der Waals surface area contributed by atoms with E-state index in [0.717, 1.165) is 16.0 Å². The second-order valence-electron chi connectivity index (χ2n) is 7.44. The zero-order valence-corrected chi connectivity index (χ0v) is 16.6. The molecule has 1 atom stereocenters. The summed E-state index contributed by atoms with van der Waals surface area (Å²) < 4.78 is 27.1. The van der Waals surface area contributed by atoms with Gasteiger partial charge in [0.05, 0.1) is 30.2 Å². The van der Waals surface area contributed by atoms with E-state index in [0.29, 0.717) is 10.9 Å². The Hall–Kier alpha value is -4.13. The molecule has 2 N–H and O–H groups in total. The Morgan fingerprint density at radius 3 is 2.75 bits per heavy atom. The first kappa shape index (κ1) is 21.1. The molecule has 0 saturated carbocycles. The lowest BCUT2D eigenvalue weighted by Gasteiger charge is -2.19. The molecule has 1 aromatic carbocycles. The van der Waals surface area contributed by atoms with Crippen molar-refractivity contribution < 1.29 is 18.4 Å². The minimum Gasteiger partial charge on any atom is -0.343 e. The van der Waals surface area contributed by atoms with E-state index >= 15 is 0 Å². The van der Waals surface area contributed by atoms with Crippen molar-refractivity contribution >= 4 is 22.7 Å². The first-order chi connectivity index (χ1) is 15.3. The Labute approximate surface area is 180 Å². The standard InChI is InChI=1S/C22H17F2N5O3/c23-22(24)8-15(9-25)29(12-22)20(31)11-28-21(32)16-5-6-26-18-3-1-13(7-17(16)18)14-2-4-19(30)27-10-14/h1-7,10,15H,8,11-12H2,(H,27,30)(H,28,32)/t15-/m0/s1. The van der Waals surface area contributed by atoms with Gasteiger partial charge in [-0.15, -0.1) is 0 Å². The fourth-order valence-electron chi connectivity index (χ4n) is 3.66. The van der Waals surface area contributed by atoms with Crippen LogP contribution >= 0.6 is 0 Å². The summed E-state index contributed by atoms with van der Waals surface area (Å²) in [6.45, 7) is -1.36. The van der Waals surface area contributed by atoms with Gasteiger partial charge in [-0.25, -0.2) is 8.78 Å². The van der Waals surface area contributed by atoms with Gasteiger partial charge in [0.2, 0.25) is 11.5 Å². The van der Waals surface area contributed by atoms with E-state index in [1.165, 1.54) is 18.3 Å². The summed E-state index contributed by atoms with van der Waals surface area (Å²) in [6, 6.07) is 10.2. The van der Waals surface area contributed by atoms with Crippen molar-refractivity contribution in [3.63, 3.8) is 0 Å². The molecule has 0 aliphatic carbocycles. The number of pyridine rings is 2. The van der Waals surface area contributed by atoms with Gasteiger partial charge in [-0.2, -0.15) is 5.26 Å². The molecule has 1 fully saturated rings. The smallest absolute Gasteiger partial charge is 0.268 e. The third-order valence-corrected chi connectivity index (χ3v) is 5.24. The van der Waals surface area contributed by atoms with Gasteiger partial charge >= 0.3 is 0 Å². The van der Waals surface area contributed by atoms with Gasteiger partial charge in [-0.1, -0.05) is 6.07 Å². The van der Waals surface area contributed by atoms with E-state index in [4.69, 9.17) is 5.26 Å². The Kier molecular flexibility index (Phi) is 5.40. The van der Waals surface area contributed by atoms with Crippen molar-refractivity contribution in [2.75, 3.05) is 13.1 Å². The number of halogens is 2. The summed E-state index contributed by atoms with van der Waals surface area (Å²) in [5.74, 6) is -4.46. The molecule has 10 heteroatoms. The number of benzene rings is 1. The van der Waals surface area contributed by atoms with Gasteiger partial charge in [-0.3, -0.25) is 19.4 Å². The maximum absolute atomic E-state index is 13.6. The number of hydrogen-bond donors (Lipinski definition) is 2. The molecule has 2 amide bonds. The van der Waals surface area contributed by atoms with E-state index in [-0.39, 0.29) is 11.1 Å². The Balaban J connectivity index is 1.55. The van der Waals surface area contributed by atoms with E-state index in [2.05, 4.69) is 15.3 Å². The van der Waals surface area contributed by atoms with Gasteiger partial charge in [0.25, 0.3) is 11.8 Å². The Morgan fingerprint density at radius 2 is 2.03 bits per heavy atom. The van der Waals surface area contributed by atoms with Gasteiger partial charge in [0.15, 0.2) is 0 Å². The maximum atomic E-state index is 13.6. The lowest BCUT2D eigenvalue weighted by atomic mass is 10.0. The summed E-state index contributed by atoms with van der Waals surface area (Å²) in [4.78, 5) is 44.0. The monoisotopic (exact) mass is 437 g/mol. The number of fused-ring (bicyclic) bond motifs is 1. The molecule has 0 bridgehead atoms. The molecule has 162 valence electrons. The molecule has 2 aromatic heterocycles.